The van der Waals surface area contributed by atoms with E-state index < -0.39 is 0 Å². The fourth-order valence-corrected chi connectivity index (χ4v) is 0.815. The van der Waals surface area contributed by atoms with Gasteiger partial charge in [-0.3, -0.25) is 4.79 Å². The number of carbonyl (C=O) groups excluding carboxylic acids is 1. The molecule has 0 saturated carbocycles. The lowest BCUT2D eigenvalue weighted by molar-refractivity contribution is -0.120. The van der Waals surface area contributed by atoms with Crippen LogP contribution >= 0.6 is 0 Å². The van der Waals surface area contributed by atoms with Crippen LogP contribution in [0.25, 0.3) is 0 Å². The molecule has 1 amide bonds. The average molecular weight is 129 g/mol. The Bertz CT molecular complexity index is 110. The van der Waals surface area contributed by atoms with Crippen LogP contribution in [0.5, 0.6) is 0 Å². The van der Waals surface area contributed by atoms with Crippen molar-refractivity contribution in [1.82, 2.24) is 0 Å². The van der Waals surface area contributed by atoms with Gasteiger partial charge in [0.05, 0.1) is 6.10 Å². The minimum Gasteiger partial charge on any atom is -0.378 e. The molecule has 0 aromatic rings. The summed E-state index contributed by atoms with van der Waals surface area (Å²) in [4.78, 5) is 10.2. The van der Waals surface area contributed by atoms with Crippen LogP contribution in [0.15, 0.2) is 0 Å². The standard InChI is InChI=1S/C6H11NO2/c7-6(8)2-1-5-3-4-9-5/h5H,1-4H2,(H2,7,8)/t5-/m0/s1. The molecule has 1 fully saturated rings. The monoisotopic (exact) mass is 129 g/mol. The van der Waals surface area contributed by atoms with Gasteiger partial charge < -0.3 is 10.5 Å². The summed E-state index contributed by atoms with van der Waals surface area (Å²) in [5.74, 6) is -0.231. The van der Waals surface area contributed by atoms with Crippen LogP contribution in [-0.4, -0.2) is 18.6 Å². The number of ether oxygens (including phenoxy) is 1. The van der Waals surface area contributed by atoms with Crippen LogP contribution in [0.3, 0.4) is 0 Å². The second kappa shape index (κ2) is 2.82. The van der Waals surface area contributed by atoms with E-state index >= 15 is 0 Å². The first-order chi connectivity index (χ1) is 4.29. The predicted octanol–water partition coefficient (Wildman–Crippen LogP) is 0.0408. The molecule has 0 aliphatic carbocycles. The topological polar surface area (TPSA) is 52.3 Å². The number of primary amides is 1. The van der Waals surface area contributed by atoms with Gasteiger partial charge in [-0.05, 0) is 12.8 Å². The average Bonchev–Trinajstić information content (AvgIpc) is 1.60. The van der Waals surface area contributed by atoms with Crippen molar-refractivity contribution < 1.29 is 9.53 Å². The smallest absolute Gasteiger partial charge is 0.217 e. The van der Waals surface area contributed by atoms with E-state index in [-0.39, 0.29) is 5.91 Å². The van der Waals surface area contributed by atoms with Gasteiger partial charge in [0.15, 0.2) is 0 Å². The molecule has 0 aromatic heterocycles. The Balaban J connectivity index is 1.97. The normalized spacial score (nSPS) is 25.1. The lowest BCUT2D eigenvalue weighted by Crippen LogP contribution is -2.28. The van der Waals surface area contributed by atoms with E-state index in [4.69, 9.17) is 10.5 Å². The van der Waals surface area contributed by atoms with E-state index in [1.807, 2.05) is 0 Å². The Labute approximate surface area is 54.2 Å². The second-order valence-corrected chi connectivity index (χ2v) is 2.29. The number of amides is 1. The molecule has 0 aromatic carbocycles. The van der Waals surface area contributed by atoms with Gasteiger partial charge in [0.2, 0.25) is 5.91 Å². The minimum atomic E-state index is -0.231. The third kappa shape index (κ3) is 2.01. The molecule has 9 heavy (non-hydrogen) atoms. The first kappa shape index (κ1) is 6.55. The molecule has 3 nitrogen and oxygen atoms in total. The summed E-state index contributed by atoms with van der Waals surface area (Å²) in [7, 11) is 0. The Kier molecular flexibility index (Phi) is 2.05. The highest BCUT2D eigenvalue weighted by Crippen LogP contribution is 2.15. The maximum Gasteiger partial charge on any atom is 0.217 e. The first-order valence-corrected chi connectivity index (χ1v) is 3.19. The lowest BCUT2D eigenvalue weighted by atomic mass is 10.1. The summed E-state index contributed by atoms with van der Waals surface area (Å²) in [6, 6.07) is 0. The molecule has 1 heterocycles. The molecule has 0 unspecified atom stereocenters. The van der Waals surface area contributed by atoms with Crippen LogP contribution in [0.2, 0.25) is 0 Å². The van der Waals surface area contributed by atoms with Crippen molar-refractivity contribution in [2.24, 2.45) is 5.73 Å². The van der Waals surface area contributed by atoms with Crippen molar-refractivity contribution in [2.75, 3.05) is 6.61 Å². The minimum absolute atomic E-state index is 0.231. The fourth-order valence-electron chi connectivity index (χ4n) is 0.815. The highest BCUT2D eigenvalue weighted by Gasteiger charge is 2.17. The summed E-state index contributed by atoms with van der Waals surface area (Å²) >= 11 is 0. The summed E-state index contributed by atoms with van der Waals surface area (Å²) in [6.45, 7) is 0.851. The fraction of sp³-hybridized carbons (Fsp3) is 0.833. The van der Waals surface area contributed by atoms with Gasteiger partial charge >= 0.3 is 0 Å². The third-order valence-electron chi connectivity index (χ3n) is 1.51. The predicted molar refractivity (Wildman–Crippen MR) is 32.8 cm³/mol. The Morgan fingerprint density at radius 3 is 2.78 bits per heavy atom. The van der Waals surface area contributed by atoms with Crippen LogP contribution in [0, 0.1) is 0 Å². The molecule has 2 N–H and O–H groups in total. The number of rotatable bonds is 3. The SMILES string of the molecule is NC(=O)CC[C@H]1CCO1. The third-order valence-corrected chi connectivity index (χ3v) is 1.51. The zero-order chi connectivity index (χ0) is 6.69. The number of nitrogens with two attached hydrogens (primary N) is 1. The Morgan fingerprint density at radius 2 is 2.44 bits per heavy atom. The molecule has 1 rings (SSSR count). The Hall–Kier alpha value is -0.570. The van der Waals surface area contributed by atoms with Crippen molar-refractivity contribution in [3.8, 4) is 0 Å². The van der Waals surface area contributed by atoms with E-state index in [0.717, 1.165) is 19.4 Å². The maximum atomic E-state index is 10.2. The Morgan fingerprint density at radius 1 is 1.78 bits per heavy atom. The van der Waals surface area contributed by atoms with E-state index in [1.54, 1.807) is 0 Å². The largest absolute Gasteiger partial charge is 0.378 e. The summed E-state index contributed by atoms with van der Waals surface area (Å²) < 4.78 is 5.07. The molecule has 1 aliphatic heterocycles. The molecule has 3 heteroatoms. The highest BCUT2D eigenvalue weighted by atomic mass is 16.5. The summed E-state index contributed by atoms with van der Waals surface area (Å²) in [5, 5.41) is 0. The van der Waals surface area contributed by atoms with Gasteiger partial charge in [0, 0.05) is 13.0 Å². The van der Waals surface area contributed by atoms with Crippen molar-refractivity contribution in [3.05, 3.63) is 0 Å². The van der Waals surface area contributed by atoms with Crippen molar-refractivity contribution in [1.29, 1.82) is 0 Å². The quantitative estimate of drug-likeness (QED) is 0.585. The zero-order valence-corrected chi connectivity index (χ0v) is 5.30. The molecule has 1 atom stereocenters. The molecule has 0 spiro atoms. The molecular formula is C6H11NO2. The zero-order valence-electron chi connectivity index (χ0n) is 5.30. The highest BCUT2D eigenvalue weighted by molar-refractivity contribution is 5.73. The van der Waals surface area contributed by atoms with Crippen LogP contribution < -0.4 is 5.73 Å². The van der Waals surface area contributed by atoms with Crippen LogP contribution in [0.4, 0.5) is 0 Å². The second-order valence-electron chi connectivity index (χ2n) is 2.29. The van der Waals surface area contributed by atoms with Gasteiger partial charge in [-0.25, -0.2) is 0 Å². The summed E-state index contributed by atoms with van der Waals surface area (Å²) in [5.41, 5.74) is 4.93. The van der Waals surface area contributed by atoms with Crippen molar-refractivity contribution >= 4 is 5.91 Å². The van der Waals surface area contributed by atoms with Crippen LogP contribution in [-0.2, 0) is 9.53 Å². The van der Waals surface area contributed by atoms with E-state index in [2.05, 4.69) is 0 Å². The number of hydrogen-bond donors (Lipinski definition) is 1. The molecule has 1 aliphatic rings. The number of hydrogen-bond acceptors (Lipinski definition) is 2. The van der Waals surface area contributed by atoms with Gasteiger partial charge in [0.1, 0.15) is 0 Å². The van der Waals surface area contributed by atoms with Crippen LogP contribution in [0.1, 0.15) is 19.3 Å². The summed E-state index contributed by atoms with van der Waals surface area (Å²) in [6.07, 6.45) is 2.67. The van der Waals surface area contributed by atoms with Gasteiger partial charge in [-0.15, -0.1) is 0 Å². The lowest BCUT2D eigenvalue weighted by Gasteiger charge is -2.25. The van der Waals surface area contributed by atoms with E-state index in [0.29, 0.717) is 12.5 Å². The van der Waals surface area contributed by atoms with E-state index in [1.165, 1.54) is 0 Å². The molecule has 52 valence electrons. The first-order valence-electron chi connectivity index (χ1n) is 3.19. The van der Waals surface area contributed by atoms with Crippen molar-refractivity contribution in [2.45, 2.75) is 25.4 Å². The molecule has 0 bridgehead atoms. The molecular weight excluding hydrogens is 118 g/mol. The van der Waals surface area contributed by atoms with Gasteiger partial charge in [-0.1, -0.05) is 0 Å². The van der Waals surface area contributed by atoms with Crippen molar-refractivity contribution in [3.63, 3.8) is 0 Å². The van der Waals surface area contributed by atoms with Gasteiger partial charge in [-0.2, -0.15) is 0 Å². The number of carbonyl (C=O) groups is 1. The maximum absolute atomic E-state index is 10.2. The van der Waals surface area contributed by atoms with Gasteiger partial charge in [0.25, 0.3) is 0 Å². The molecule has 1 saturated heterocycles. The van der Waals surface area contributed by atoms with E-state index in [9.17, 15) is 4.79 Å². The molecule has 0 radical (unpaired) electrons.